The van der Waals surface area contributed by atoms with Gasteiger partial charge in [0.2, 0.25) is 0 Å². The van der Waals surface area contributed by atoms with E-state index in [0.29, 0.717) is 10.5 Å². The molecule has 1 aliphatic rings. The van der Waals surface area contributed by atoms with Crippen molar-refractivity contribution in [2.75, 3.05) is 11.6 Å². The average molecular weight is 325 g/mol. The summed E-state index contributed by atoms with van der Waals surface area (Å²) in [4.78, 5) is 0.349. The van der Waals surface area contributed by atoms with Gasteiger partial charge in [-0.05, 0) is 23.3 Å². The summed E-state index contributed by atoms with van der Waals surface area (Å²) in [5, 5.41) is 0. The highest BCUT2D eigenvalue weighted by Gasteiger charge is 2.39. The molecule has 5 heteroatoms. The lowest BCUT2D eigenvalue weighted by Crippen LogP contribution is -2.16. The fourth-order valence-corrected chi connectivity index (χ4v) is 5.31. The molecule has 2 nitrogen and oxygen atoms in total. The van der Waals surface area contributed by atoms with Crippen LogP contribution in [0.2, 0.25) is 0 Å². The Balaban J connectivity index is 2.10. The predicted octanol–water partition coefficient (Wildman–Crippen LogP) is 3.72. The first kappa shape index (κ1) is 14.5. The van der Waals surface area contributed by atoms with Crippen LogP contribution < -0.4 is 0 Å². The summed E-state index contributed by atoms with van der Waals surface area (Å²) in [7, 11) is -3.31. The molecule has 3 rings (SSSR count). The molecule has 1 heterocycles. The molecule has 0 spiro atoms. The van der Waals surface area contributed by atoms with Crippen LogP contribution in [-0.2, 0) is 9.84 Å². The predicted molar refractivity (Wildman–Crippen MR) is 81.1 cm³/mol. The molecule has 0 bridgehead atoms. The highest BCUT2D eigenvalue weighted by molar-refractivity contribution is 7.91. The number of fused-ring (bicyclic) bond motifs is 1. The summed E-state index contributed by atoms with van der Waals surface area (Å²) in [6, 6.07) is 13.3. The van der Waals surface area contributed by atoms with Crippen molar-refractivity contribution in [3.05, 3.63) is 65.5 Å². The van der Waals surface area contributed by atoms with E-state index in [-0.39, 0.29) is 29.3 Å². The van der Waals surface area contributed by atoms with Gasteiger partial charge in [-0.2, -0.15) is 0 Å². The Morgan fingerprint density at radius 3 is 2.52 bits per heavy atom. The van der Waals surface area contributed by atoms with E-state index >= 15 is 0 Å². The molecular weight excluding hydrogens is 311 g/mol. The maximum Gasteiger partial charge on any atom is 0.179 e. The molecule has 2 aromatic rings. The Bertz CT molecular complexity index is 773. The number of hydrogen-bond acceptors (Lipinski definition) is 2. The third-order valence-corrected chi connectivity index (χ3v) is 6.18. The lowest BCUT2D eigenvalue weighted by molar-refractivity contribution is 0.554. The zero-order valence-corrected chi connectivity index (χ0v) is 12.7. The van der Waals surface area contributed by atoms with Crippen LogP contribution in [0.5, 0.6) is 0 Å². The molecule has 0 aliphatic carbocycles. The standard InChI is InChI=1S/C16H14ClFO2S/c17-9-13(11-5-1-3-7-15(11)18)14-10-21(19,20)16-8-4-2-6-12(14)16/h1-8,13-14H,9-10H2. The van der Waals surface area contributed by atoms with Crippen molar-refractivity contribution in [3.63, 3.8) is 0 Å². The average Bonchev–Trinajstić information content (AvgIpc) is 2.74. The first-order chi connectivity index (χ1) is 10.0. The Morgan fingerprint density at radius 2 is 1.81 bits per heavy atom. The first-order valence-electron chi connectivity index (χ1n) is 6.66. The van der Waals surface area contributed by atoms with Gasteiger partial charge in [0.05, 0.1) is 10.6 Å². The van der Waals surface area contributed by atoms with E-state index in [0.717, 1.165) is 5.56 Å². The summed E-state index contributed by atoms with van der Waals surface area (Å²) in [6.45, 7) is 0. The summed E-state index contributed by atoms with van der Waals surface area (Å²) in [5.41, 5.74) is 1.22. The summed E-state index contributed by atoms with van der Waals surface area (Å²) in [6.07, 6.45) is 0. The minimum absolute atomic E-state index is 0.0158. The van der Waals surface area contributed by atoms with Gasteiger partial charge < -0.3 is 0 Å². The van der Waals surface area contributed by atoms with E-state index in [1.807, 2.05) is 0 Å². The van der Waals surface area contributed by atoms with Crippen LogP contribution in [0.3, 0.4) is 0 Å². The number of halogens is 2. The van der Waals surface area contributed by atoms with Crippen LogP contribution in [-0.4, -0.2) is 20.1 Å². The van der Waals surface area contributed by atoms with E-state index in [1.54, 1.807) is 42.5 Å². The Hall–Kier alpha value is -1.39. The Labute approximate surface area is 128 Å². The van der Waals surface area contributed by atoms with Crippen molar-refractivity contribution in [2.45, 2.75) is 16.7 Å². The molecule has 1 aliphatic heterocycles. The fourth-order valence-electron chi connectivity index (χ4n) is 3.00. The van der Waals surface area contributed by atoms with Crippen LogP contribution >= 0.6 is 11.6 Å². The van der Waals surface area contributed by atoms with Crippen molar-refractivity contribution < 1.29 is 12.8 Å². The SMILES string of the molecule is O=S1(=O)CC(C(CCl)c2ccccc2F)c2ccccc21. The maximum atomic E-state index is 14.0. The molecule has 21 heavy (non-hydrogen) atoms. The molecule has 110 valence electrons. The van der Waals surface area contributed by atoms with Crippen LogP contribution in [0.1, 0.15) is 23.0 Å². The Morgan fingerprint density at radius 1 is 1.14 bits per heavy atom. The quantitative estimate of drug-likeness (QED) is 0.806. The van der Waals surface area contributed by atoms with E-state index in [1.165, 1.54) is 6.07 Å². The van der Waals surface area contributed by atoms with Gasteiger partial charge >= 0.3 is 0 Å². The minimum Gasteiger partial charge on any atom is -0.224 e. The fraction of sp³-hybridized carbons (Fsp3) is 0.250. The third-order valence-electron chi connectivity index (χ3n) is 4.01. The van der Waals surface area contributed by atoms with Gasteiger partial charge in [-0.25, -0.2) is 12.8 Å². The van der Waals surface area contributed by atoms with Crippen LogP contribution in [0.15, 0.2) is 53.4 Å². The lowest BCUT2D eigenvalue weighted by atomic mass is 9.84. The maximum absolute atomic E-state index is 14.0. The molecule has 2 atom stereocenters. The van der Waals surface area contributed by atoms with E-state index in [9.17, 15) is 12.8 Å². The lowest BCUT2D eigenvalue weighted by Gasteiger charge is -2.22. The first-order valence-corrected chi connectivity index (χ1v) is 8.85. The van der Waals surface area contributed by atoms with Gasteiger partial charge in [0.15, 0.2) is 9.84 Å². The molecule has 0 saturated carbocycles. The number of hydrogen-bond donors (Lipinski definition) is 0. The van der Waals surface area contributed by atoms with Gasteiger partial charge in [0.25, 0.3) is 0 Å². The summed E-state index contributed by atoms with van der Waals surface area (Å²) < 4.78 is 38.6. The van der Waals surface area contributed by atoms with E-state index in [4.69, 9.17) is 11.6 Å². The third kappa shape index (κ3) is 2.47. The van der Waals surface area contributed by atoms with Crippen molar-refractivity contribution in [2.24, 2.45) is 0 Å². The van der Waals surface area contributed by atoms with Gasteiger partial charge in [-0.1, -0.05) is 36.4 Å². The second kappa shape index (κ2) is 5.43. The van der Waals surface area contributed by atoms with Crippen LogP contribution in [0.25, 0.3) is 0 Å². The molecule has 0 saturated heterocycles. The van der Waals surface area contributed by atoms with Gasteiger partial charge in [0, 0.05) is 17.7 Å². The summed E-state index contributed by atoms with van der Waals surface area (Å²) in [5.74, 6) is -0.843. The molecule has 0 fully saturated rings. The zero-order valence-electron chi connectivity index (χ0n) is 11.2. The van der Waals surface area contributed by atoms with Crippen molar-refractivity contribution in [3.8, 4) is 0 Å². The smallest absolute Gasteiger partial charge is 0.179 e. The molecule has 0 radical (unpaired) electrons. The molecule has 0 N–H and O–H groups in total. The van der Waals surface area contributed by atoms with Crippen molar-refractivity contribution in [1.82, 2.24) is 0 Å². The number of benzene rings is 2. The number of rotatable bonds is 3. The van der Waals surface area contributed by atoms with Crippen LogP contribution in [0, 0.1) is 5.82 Å². The van der Waals surface area contributed by atoms with Crippen LogP contribution in [0.4, 0.5) is 4.39 Å². The van der Waals surface area contributed by atoms with Crippen molar-refractivity contribution >= 4 is 21.4 Å². The van der Waals surface area contributed by atoms with Crippen molar-refractivity contribution in [1.29, 1.82) is 0 Å². The zero-order chi connectivity index (χ0) is 15.0. The van der Waals surface area contributed by atoms with Gasteiger partial charge in [0.1, 0.15) is 5.82 Å². The number of alkyl halides is 1. The second-order valence-corrected chi connectivity index (χ2v) is 7.52. The van der Waals surface area contributed by atoms with E-state index in [2.05, 4.69) is 0 Å². The molecule has 2 unspecified atom stereocenters. The Kier molecular flexibility index (Phi) is 3.76. The second-order valence-electron chi connectivity index (χ2n) is 5.21. The molecule has 0 aromatic heterocycles. The van der Waals surface area contributed by atoms with Gasteiger partial charge in [-0.15, -0.1) is 11.6 Å². The molecule has 0 amide bonds. The van der Waals surface area contributed by atoms with E-state index < -0.39 is 9.84 Å². The monoisotopic (exact) mass is 324 g/mol. The number of sulfone groups is 1. The minimum atomic E-state index is -3.31. The molecular formula is C16H14ClFO2S. The highest BCUT2D eigenvalue weighted by atomic mass is 35.5. The molecule has 2 aromatic carbocycles. The summed E-state index contributed by atoms with van der Waals surface area (Å²) >= 11 is 6.05. The van der Waals surface area contributed by atoms with Gasteiger partial charge in [-0.3, -0.25) is 0 Å². The normalized spacial score (nSPS) is 21.0. The largest absolute Gasteiger partial charge is 0.224 e. The topological polar surface area (TPSA) is 34.1 Å². The highest BCUT2D eigenvalue weighted by Crippen LogP contribution is 2.44.